The van der Waals surface area contributed by atoms with E-state index in [-0.39, 0.29) is 17.9 Å². The van der Waals surface area contributed by atoms with Crippen LogP contribution in [0.4, 0.5) is 0 Å². The van der Waals surface area contributed by atoms with Crippen molar-refractivity contribution >= 4 is 5.97 Å². The van der Waals surface area contributed by atoms with Crippen LogP contribution in [0.5, 0.6) is 0 Å². The molecular formula is C16H25NO2. The summed E-state index contributed by atoms with van der Waals surface area (Å²) in [6.45, 7) is 8.48. The molecule has 0 saturated carbocycles. The molecule has 1 aromatic rings. The van der Waals surface area contributed by atoms with Gasteiger partial charge in [0.25, 0.3) is 0 Å². The zero-order valence-corrected chi connectivity index (χ0v) is 12.4. The Morgan fingerprint density at radius 1 is 1.32 bits per heavy atom. The van der Waals surface area contributed by atoms with Gasteiger partial charge in [0.2, 0.25) is 0 Å². The summed E-state index contributed by atoms with van der Waals surface area (Å²) >= 11 is 0. The predicted molar refractivity (Wildman–Crippen MR) is 77.9 cm³/mol. The van der Waals surface area contributed by atoms with Crippen LogP contribution in [0, 0.1) is 19.8 Å². The lowest BCUT2D eigenvalue weighted by Crippen LogP contribution is -2.17. The van der Waals surface area contributed by atoms with Gasteiger partial charge in [0, 0.05) is 12.5 Å². The van der Waals surface area contributed by atoms with E-state index in [1.807, 2.05) is 13.8 Å². The minimum atomic E-state index is -0.137. The fraction of sp³-hybridized carbons (Fsp3) is 0.562. The maximum atomic E-state index is 11.4. The minimum Gasteiger partial charge on any atom is -0.466 e. The highest BCUT2D eigenvalue weighted by Crippen LogP contribution is 2.23. The first-order chi connectivity index (χ1) is 8.93. The Labute approximate surface area is 116 Å². The number of nitrogens with two attached hydrogens (primary N) is 1. The molecule has 2 atom stereocenters. The quantitative estimate of drug-likeness (QED) is 0.801. The van der Waals surface area contributed by atoms with Crippen LogP contribution < -0.4 is 5.73 Å². The number of carbonyl (C=O) groups excluding carboxylic acids is 1. The minimum absolute atomic E-state index is 0.0243. The molecule has 0 fully saturated rings. The van der Waals surface area contributed by atoms with Crippen molar-refractivity contribution in [3.05, 3.63) is 34.9 Å². The zero-order chi connectivity index (χ0) is 14.4. The summed E-state index contributed by atoms with van der Waals surface area (Å²) in [6.07, 6.45) is 1.23. The molecule has 0 amide bonds. The predicted octanol–water partition coefficient (Wildman–Crippen LogP) is 3.28. The molecule has 0 aliphatic rings. The molecule has 0 aromatic heterocycles. The molecule has 0 bridgehead atoms. The van der Waals surface area contributed by atoms with Gasteiger partial charge < -0.3 is 10.5 Å². The molecule has 3 nitrogen and oxygen atoms in total. The first-order valence-electron chi connectivity index (χ1n) is 6.92. The van der Waals surface area contributed by atoms with E-state index in [1.165, 1.54) is 11.1 Å². The fourth-order valence-electron chi connectivity index (χ4n) is 2.15. The Morgan fingerprint density at radius 2 is 2.00 bits per heavy atom. The van der Waals surface area contributed by atoms with E-state index in [4.69, 9.17) is 10.5 Å². The Morgan fingerprint density at radius 3 is 2.58 bits per heavy atom. The summed E-state index contributed by atoms with van der Waals surface area (Å²) in [5.41, 5.74) is 9.88. The van der Waals surface area contributed by atoms with Gasteiger partial charge in [-0.2, -0.15) is 0 Å². The lowest BCUT2D eigenvalue weighted by atomic mass is 9.93. The molecule has 0 radical (unpaired) electrons. The lowest BCUT2D eigenvalue weighted by Gasteiger charge is -2.18. The SMILES string of the molecule is CCOC(=O)CC(C)CC(N)c1ccc(C)c(C)c1. The Kier molecular flexibility index (Phi) is 6.03. The molecule has 0 spiro atoms. The molecule has 106 valence electrons. The van der Waals surface area contributed by atoms with Crippen LogP contribution in [-0.4, -0.2) is 12.6 Å². The molecule has 3 heteroatoms. The summed E-state index contributed by atoms with van der Waals surface area (Å²) < 4.78 is 4.95. The highest BCUT2D eigenvalue weighted by atomic mass is 16.5. The first-order valence-corrected chi connectivity index (χ1v) is 6.92. The van der Waals surface area contributed by atoms with Crippen molar-refractivity contribution in [3.63, 3.8) is 0 Å². The number of hydrogen-bond donors (Lipinski definition) is 1. The number of rotatable bonds is 6. The van der Waals surface area contributed by atoms with Gasteiger partial charge in [-0.25, -0.2) is 0 Å². The van der Waals surface area contributed by atoms with E-state index in [0.717, 1.165) is 12.0 Å². The van der Waals surface area contributed by atoms with Gasteiger partial charge in [0.05, 0.1) is 6.61 Å². The second kappa shape index (κ2) is 7.29. The summed E-state index contributed by atoms with van der Waals surface area (Å²) in [6, 6.07) is 6.28. The third-order valence-electron chi connectivity index (χ3n) is 3.44. The van der Waals surface area contributed by atoms with Crippen LogP contribution in [0.1, 0.15) is 49.4 Å². The molecule has 0 aliphatic carbocycles. The van der Waals surface area contributed by atoms with Crippen LogP contribution in [0.3, 0.4) is 0 Å². The van der Waals surface area contributed by atoms with Gasteiger partial charge in [-0.05, 0) is 49.8 Å². The van der Waals surface area contributed by atoms with E-state index in [1.54, 1.807) is 0 Å². The molecule has 0 saturated heterocycles. The van der Waals surface area contributed by atoms with Crippen LogP contribution in [0.15, 0.2) is 18.2 Å². The van der Waals surface area contributed by atoms with Crippen LogP contribution in [0.25, 0.3) is 0 Å². The summed E-state index contributed by atoms with van der Waals surface area (Å²) in [5.74, 6) is 0.0953. The standard InChI is InChI=1S/C16H25NO2/c1-5-19-16(18)9-11(2)8-15(17)14-7-6-12(3)13(4)10-14/h6-7,10-11,15H,5,8-9,17H2,1-4H3. The van der Waals surface area contributed by atoms with Crippen molar-refractivity contribution in [2.75, 3.05) is 6.61 Å². The molecule has 0 aliphatic heterocycles. The van der Waals surface area contributed by atoms with Crippen molar-refractivity contribution in [2.45, 2.75) is 46.6 Å². The Hall–Kier alpha value is -1.35. The Bertz CT molecular complexity index is 429. The molecule has 2 N–H and O–H groups in total. The molecule has 2 unspecified atom stereocenters. The molecule has 1 rings (SSSR count). The average molecular weight is 263 g/mol. The van der Waals surface area contributed by atoms with Crippen LogP contribution in [0.2, 0.25) is 0 Å². The number of carbonyl (C=O) groups is 1. The van der Waals surface area contributed by atoms with Gasteiger partial charge in [0.1, 0.15) is 0 Å². The third kappa shape index (κ3) is 5.03. The van der Waals surface area contributed by atoms with Crippen molar-refractivity contribution in [1.29, 1.82) is 0 Å². The van der Waals surface area contributed by atoms with Gasteiger partial charge >= 0.3 is 5.97 Å². The molecular weight excluding hydrogens is 238 g/mol. The van der Waals surface area contributed by atoms with E-state index in [0.29, 0.717) is 13.0 Å². The maximum Gasteiger partial charge on any atom is 0.306 e. The van der Waals surface area contributed by atoms with Crippen molar-refractivity contribution < 1.29 is 9.53 Å². The number of benzene rings is 1. The zero-order valence-electron chi connectivity index (χ0n) is 12.4. The summed E-state index contributed by atoms with van der Waals surface area (Å²) in [4.78, 5) is 11.4. The molecule has 19 heavy (non-hydrogen) atoms. The second-order valence-corrected chi connectivity index (χ2v) is 5.30. The van der Waals surface area contributed by atoms with E-state index in [2.05, 4.69) is 32.0 Å². The van der Waals surface area contributed by atoms with E-state index in [9.17, 15) is 4.79 Å². The van der Waals surface area contributed by atoms with Crippen LogP contribution in [-0.2, 0) is 9.53 Å². The summed E-state index contributed by atoms with van der Waals surface area (Å²) in [5, 5.41) is 0. The Balaban J connectivity index is 2.56. The molecule has 0 heterocycles. The van der Waals surface area contributed by atoms with Crippen molar-refractivity contribution in [1.82, 2.24) is 0 Å². The average Bonchev–Trinajstić information content (AvgIpc) is 2.32. The van der Waals surface area contributed by atoms with Gasteiger partial charge in [-0.3, -0.25) is 4.79 Å². The smallest absolute Gasteiger partial charge is 0.306 e. The van der Waals surface area contributed by atoms with E-state index < -0.39 is 0 Å². The largest absolute Gasteiger partial charge is 0.466 e. The van der Waals surface area contributed by atoms with Gasteiger partial charge in [-0.1, -0.05) is 25.1 Å². The van der Waals surface area contributed by atoms with E-state index >= 15 is 0 Å². The second-order valence-electron chi connectivity index (χ2n) is 5.30. The molecule has 1 aromatic carbocycles. The maximum absolute atomic E-state index is 11.4. The number of ether oxygens (including phenoxy) is 1. The third-order valence-corrected chi connectivity index (χ3v) is 3.44. The fourth-order valence-corrected chi connectivity index (χ4v) is 2.15. The highest BCUT2D eigenvalue weighted by molar-refractivity contribution is 5.69. The number of hydrogen-bond acceptors (Lipinski definition) is 3. The number of esters is 1. The topological polar surface area (TPSA) is 52.3 Å². The monoisotopic (exact) mass is 263 g/mol. The first kappa shape index (κ1) is 15.7. The van der Waals surface area contributed by atoms with Crippen molar-refractivity contribution in [2.24, 2.45) is 11.7 Å². The highest BCUT2D eigenvalue weighted by Gasteiger charge is 2.15. The van der Waals surface area contributed by atoms with Crippen LogP contribution >= 0.6 is 0 Å². The van der Waals surface area contributed by atoms with Crippen molar-refractivity contribution in [3.8, 4) is 0 Å². The van der Waals surface area contributed by atoms with Gasteiger partial charge in [0.15, 0.2) is 0 Å². The normalized spacial score (nSPS) is 13.9. The summed E-state index contributed by atoms with van der Waals surface area (Å²) in [7, 11) is 0. The lowest BCUT2D eigenvalue weighted by molar-refractivity contribution is -0.144. The van der Waals surface area contributed by atoms with Gasteiger partial charge in [-0.15, -0.1) is 0 Å². The number of aryl methyl sites for hydroxylation is 2.